The molecule has 0 N–H and O–H groups in total. The Morgan fingerprint density at radius 2 is 1.52 bits per heavy atom. The minimum Gasteiger partial charge on any atom is -0.335 e. The first-order valence-electron chi connectivity index (χ1n) is 9.16. The van der Waals surface area contributed by atoms with Crippen molar-refractivity contribution in [3.05, 3.63) is 52.2 Å². The molecule has 4 rings (SSSR count). The van der Waals surface area contributed by atoms with E-state index in [1.165, 1.54) is 11.3 Å². The first kappa shape index (κ1) is 17.7. The van der Waals surface area contributed by atoms with Crippen LogP contribution in [-0.2, 0) is 4.79 Å². The molecule has 2 fully saturated rings. The summed E-state index contributed by atoms with van der Waals surface area (Å²) >= 11 is 1.44. The molecule has 2 aliphatic rings. The van der Waals surface area contributed by atoms with Gasteiger partial charge in [-0.05, 0) is 42.1 Å². The zero-order valence-corrected chi connectivity index (χ0v) is 15.8. The predicted octanol–water partition coefficient (Wildman–Crippen LogP) is 2.47. The summed E-state index contributed by atoms with van der Waals surface area (Å²) in [5.41, 5.74) is 1.46. The van der Waals surface area contributed by atoms with Crippen LogP contribution in [0.1, 0.15) is 32.9 Å². The monoisotopic (exact) mass is 383 g/mol. The Morgan fingerprint density at radius 3 is 2.07 bits per heavy atom. The van der Waals surface area contributed by atoms with Gasteiger partial charge in [0.05, 0.1) is 4.88 Å². The maximum atomic E-state index is 12.7. The van der Waals surface area contributed by atoms with Gasteiger partial charge in [0.25, 0.3) is 11.8 Å². The van der Waals surface area contributed by atoms with Gasteiger partial charge >= 0.3 is 0 Å². The van der Waals surface area contributed by atoms with E-state index in [0.717, 1.165) is 23.5 Å². The normalized spacial score (nSPS) is 17.5. The number of piperazine rings is 1. The Labute approximate surface area is 162 Å². The lowest BCUT2D eigenvalue weighted by atomic mass is 10.1. The molecule has 0 radical (unpaired) electrons. The molecular formula is C20H21N3O3S. The lowest BCUT2D eigenvalue weighted by Gasteiger charge is -2.34. The summed E-state index contributed by atoms with van der Waals surface area (Å²) in [6, 6.07) is 11.0. The van der Waals surface area contributed by atoms with E-state index in [-0.39, 0.29) is 17.7 Å². The third-order valence-electron chi connectivity index (χ3n) is 5.09. The van der Waals surface area contributed by atoms with E-state index < -0.39 is 0 Å². The fraction of sp³-hybridized carbons (Fsp3) is 0.350. The zero-order valence-electron chi connectivity index (χ0n) is 15.0. The molecule has 6 nitrogen and oxygen atoms in total. The summed E-state index contributed by atoms with van der Waals surface area (Å²) in [6.07, 6.45) is 1.48. The number of nitrogens with zero attached hydrogens (tertiary/aromatic N) is 3. The van der Waals surface area contributed by atoms with Crippen molar-refractivity contribution in [1.82, 2.24) is 9.80 Å². The largest absolute Gasteiger partial charge is 0.335 e. The second kappa shape index (κ2) is 7.52. The van der Waals surface area contributed by atoms with Crippen molar-refractivity contribution >= 4 is 34.7 Å². The van der Waals surface area contributed by atoms with Gasteiger partial charge in [-0.1, -0.05) is 6.07 Å². The number of rotatable bonds is 3. The molecule has 0 atom stereocenters. The van der Waals surface area contributed by atoms with Crippen molar-refractivity contribution in [1.29, 1.82) is 0 Å². The van der Waals surface area contributed by atoms with Gasteiger partial charge in [0.15, 0.2) is 0 Å². The van der Waals surface area contributed by atoms with E-state index in [1.807, 2.05) is 29.6 Å². The molecule has 140 valence electrons. The van der Waals surface area contributed by atoms with Crippen LogP contribution in [0.2, 0.25) is 0 Å². The van der Waals surface area contributed by atoms with Crippen LogP contribution in [0, 0.1) is 0 Å². The maximum Gasteiger partial charge on any atom is 0.264 e. The quantitative estimate of drug-likeness (QED) is 0.818. The fourth-order valence-electron chi connectivity index (χ4n) is 3.56. The van der Waals surface area contributed by atoms with Crippen LogP contribution in [-0.4, -0.2) is 60.2 Å². The van der Waals surface area contributed by atoms with Crippen LogP contribution in [0.25, 0.3) is 0 Å². The number of hydrogen-bond donors (Lipinski definition) is 0. The molecule has 7 heteroatoms. The summed E-state index contributed by atoms with van der Waals surface area (Å²) in [7, 11) is 0. The van der Waals surface area contributed by atoms with Crippen molar-refractivity contribution in [3.63, 3.8) is 0 Å². The minimum absolute atomic E-state index is 0.0301. The Bertz CT molecular complexity index is 840. The Morgan fingerprint density at radius 1 is 0.852 bits per heavy atom. The number of amides is 3. The molecule has 0 unspecified atom stereocenters. The smallest absolute Gasteiger partial charge is 0.264 e. The molecule has 0 spiro atoms. The van der Waals surface area contributed by atoms with E-state index in [1.54, 1.807) is 26.8 Å². The van der Waals surface area contributed by atoms with Crippen molar-refractivity contribution in [2.75, 3.05) is 37.6 Å². The predicted molar refractivity (Wildman–Crippen MR) is 104 cm³/mol. The van der Waals surface area contributed by atoms with E-state index in [4.69, 9.17) is 0 Å². The highest BCUT2D eigenvalue weighted by Gasteiger charge is 2.26. The van der Waals surface area contributed by atoms with Gasteiger partial charge in [0.1, 0.15) is 0 Å². The average Bonchev–Trinajstić information content (AvgIpc) is 3.39. The summed E-state index contributed by atoms with van der Waals surface area (Å²) in [5.74, 6) is 0.148. The molecule has 1 aromatic carbocycles. The van der Waals surface area contributed by atoms with Crippen molar-refractivity contribution < 1.29 is 14.4 Å². The highest BCUT2D eigenvalue weighted by molar-refractivity contribution is 7.12. The number of carbonyl (C=O) groups excluding carboxylic acids is 3. The van der Waals surface area contributed by atoms with Gasteiger partial charge in [-0.2, -0.15) is 0 Å². The van der Waals surface area contributed by atoms with Crippen LogP contribution < -0.4 is 4.90 Å². The molecule has 27 heavy (non-hydrogen) atoms. The average molecular weight is 383 g/mol. The standard InChI is InChI=1S/C20H21N3O3S/c24-18-4-1-9-23(18)16-7-5-15(6-8-16)19(25)21-10-12-22(13-11-21)20(26)17-3-2-14-27-17/h2-3,5-8,14H,1,4,9-13H2. The number of benzene rings is 1. The molecule has 0 saturated carbocycles. The first-order valence-corrected chi connectivity index (χ1v) is 10.0. The second-order valence-electron chi connectivity index (χ2n) is 6.76. The van der Waals surface area contributed by atoms with Gasteiger partial charge < -0.3 is 14.7 Å². The molecule has 2 aromatic rings. The topological polar surface area (TPSA) is 60.9 Å². The van der Waals surface area contributed by atoms with Crippen LogP contribution in [0.5, 0.6) is 0 Å². The molecule has 2 aliphatic heterocycles. The number of thiophene rings is 1. The molecule has 0 bridgehead atoms. The summed E-state index contributed by atoms with van der Waals surface area (Å²) in [5, 5.41) is 1.90. The van der Waals surface area contributed by atoms with E-state index in [2.05, 4.69) is 0 Å². The molecule has 1 aromatic heterocycles. The highest BCUT2D eigenvalue weighted by Crippen LogP contribution is 2.22. The lowest BCUT2D eigenvalue weighted by molar-refractivity contribution is -0.117. The van der Waals surface area contributed by atoms with E-state index in [0.29, 0.717) is 38.2 Å². The number of hydrogen-bond acceptors (Lipinski definition) is 4. The van der Waals surface area contributed by atoms with Gasteiger partial charge in [-0.25, -0.2) is 0 Å². The third kappa shape index (κ3) is 3.60. The Balaban J connectivity index is 1.36. The molecule has 2 saturated heterocycles. The summed E-state index contributed by atoms with van der Waals surface area (Å²) in [6.45, 7) is 2.89. The highest BCUT2D eigenvalue weighted by atomic mass is 32.1. The Hall–Kier alpha value is -2.67. The molecular weight excluding hydrogens is 362 g/mol. The third-order valence-corrected chi connectivity index (χ3v) is 5.94. The summed E-state index contributed by atoms with van der Waals surface area (Å²) in [4.78, 5) is 43.1. The van der Waals surface area contributed by atoms with Crippen molar-refractivity contribution in [3.8, 4) is 0 Å². The Kier molecular flexibility index (Phi) is 4.94. The van der Waals surface area contributed by atoms with Crippen LogP contribution in [0.4, 0.5) is 5.69 Å². The van der Waals surface area contributed by atoms with Crippen molar-refractivity contribution in [2.45, 2.75) is 12.8 Å². The van der Waals surface area contributed by atoms with Crippen LogP contribution in [0.15, 0.2) is 41.8 Å². The van der Waals surface area contributed by atoms with Gasteiger partial charge in [-0.15, -0.1) is 11.3 Å². The lowest BCUT2D eigenvalue weighted by Crippen LogP contribution is -2.50. The van der Waals surface area contributed by atoms with Crippen LogP contribution >= 0.6 is 11.3 Å². The van der Waals surface area contributed by atoms with Crippen molar-refractivity contribution in [2.24, 2.45) is 0 Å². The first-order chi connectivity index (χ1) is 13.1. The fourth-order valence-corrected chi connectivity index (χ4v) is 4.25. The van der Waals surface area contributed by atoms with Gasteiger partial charge in [0, 0.05) is 50.4 Å². The zero-order chi connectivity index (χ0) is 18.8. The molecule has 3 heterocycles. The van der Waals surface area contributed by atoms with E-state index >= 15 is 0 Å². The van der Waals surface area contributed by atoms with E-state index in [9.17, 15) is 14.4 Å². The van der Waals surface area contributed by atoms with Gasteiger partial charge in [-0.3, -0.25) is 14.4 Å². The molecule has 3 amide bonds. The SMILES string of the molecule is O=C(c1ccc(N2CCCC2=O)cc1)N1CCN(C(=O)c2cccs2)CC1. The second-order valence-corrected chi connectivity index (χ2v) is 7.71. The van der Waals surface area contributed by atoms with Gasteiger partial charge in [0.2, 0.25) is 5.91 Å². The minimum atomic E-state index is -0.0301. The van der Waals surface area contributed by atoms with Crippen LogP contribution in [0.3, 0.4) is 0 Å². The molecule has 0 aliphatic carbocycles. The maximum absolute atomic E-state index is 12.7. The number of carbonyl (C=O) groups is 3. The number of anilines is 1. The summed E-state index contributed by atoms with van der Waals surface area (Å²) < 4.78 is 0.